The number of benzene rings is 1. The van der Waals surface area contributed by atoms with Gasteiger partial charge in [0.05, 0.1) is 25.3 Å². The Morgan fingerprint density at radius 2 is 2.15 bits per heavy atom. The highest BCUT2D eigenvalue weighted by Gasteiger charge is 2.34. The van der Waals surface area contributed by atoms with Gasteiger partial charge in [-0.15, -0.1) is 0 Å². The number of nitrogens with zero attached hydrogens (tertiary/aromatic N) is 1. The van der Waals surface area contributed by atoms with E-state index in [0.29, 0.717) is 49.7 Å². The molecule has 0 radical (unpaired) electrons. The number of carbonyl (C=O) groups is 1. The Bertz CT molecular complexity index is 655. The van der Waals surface area contributed by atoms with E-state index in [1.54, 1.807) is 0 Å². The first-order chi connectivity index (χ1) is 12.7. The molecule has 0 saturated carbocycles. The zero-order chi connectivity index (χ0) is 20.0. The van der Waals surface area contributed by atoms with Crippen molar-refractivity contribution in [1.29, 1.82) is 0 Å². The van der Waals surface area contributed by atoms with Crippen molar-refractivity contribution in [2.45, 2.75) is 25.9 Å². The molecule has 9 heteroatoms. The summed E-state index contributed by atoms with van der Waals surface area (Å²) >= 11 is 6.20. The summed E-state index contributed by atoms with van der Waals surface area (Å²) in [7, 11) is 1.46. The zero-order valence-electron chi connectivity index (χ0n) is 15.4. The van der Waals surface area contributed by atoms with E-state index < -0.39 is 12.7 Å². The molecule has 1 aromatic rings. The van der Waals surface area contributed by atoms with Crippen LogP contribution in [0.15, 0.2) is 12.1 Å². The molecule has 27 heavy (non-hydrogen) atoms. The van der Waals surface area contributed by atoms with Crippen molar-refractivity contribution in [1.82, 2.24) is 10.2 Å². The molecule has 0 spiro atoms. The largest absolute Gasteiger partial charge is 0.493 e. The van der Waals surface area contributed by atoms with Crippen LogP contribution in [-0.4, -0.2) is 56.9 Å². The van der Waals surface area contributed by atoms with Crippen LogP contribution < -0.4 is 14.8 Å². The second-order valence-corrected chi connectivity index (χ2v) is 6.96. The number of rotatable bonds is 8. The summed E-state index contributed by atoms with van der Waals surface area (Å²) in [5.74, 6) is 0.377. The number of hydrogen-bond acceptors (Lipinski definition) is 4. The molecule has 5 nitrogen and oxygen atoms in total. The average molecular weight is 409 g/mol. The summed E-state index contributed by atoms with van der Waals surface area (Å²) in [5, 5.41) is 3.03. The van der Waals surface area contributed by atoms with Gasteiger partial charge in [-0.05, 0) is 37.4 Å². The van der Waals surface area contributed by atoms with Gasteiger partial charge < -0.3 is 14.8 Å². The van der Waals surface area contributed by atoms with E-state index in [4.69, 9.17) is 21.1 Å². The third-order valence-electron chi connectivity index (χ3n) is 4.27. The van der Waals surface area contributed by atoms with Gasteiger partial charge in [0.25, 0.3) is 5.91 Å². The molecule has 1 aromatic carbocycles. The van der Waals surface area contributed by atoms with Crippen molar-refractivity contribution < 1.29 is 27.4 Å². The van der Waals surface area contributed by atoms with Gasteiger partial charge in [-0.1, -0.05) is 18.5 Å². The zero-order valence-corrected chi connectivity index (χ0v) is 16.1. The molecule has 0 aromatic heterocycles. The lowest BCUT2D eigenvalue weighted by molar-refractivity contribution is -0.143. The van der Waals surface area contributed by atoms with Crippen LogP contribution in [0.3, 0.4) is 0 Å². The van der Waals surface area contributed by atoms with Crippen LogP contribution in [0.2, 0.25) is 5.02 Å². The van der Waals surface area contributed by atoms with Crippen molar-refractivity contribution in [2.75, 3.05) is 39.9 Å². The van der Waals surface area contributed by atoms with E-state index >= 15 is 0 Å². The lowest BCUT2D eigenvalue weighted by Gasteiger charge is -2.18. The third-order valence-corrected chi connectivity index (χ3v) is 4.55. The maximum atomic E-state index is 12.4. The molecule has 152 valence electrons. The van der Waals surface area contributed by atoms with Gasteiger partial charge in [0, 0.05) is 18.7 Å². The molecule has 2 rings (SSSR count). The first kappa shape index (κ1) is 21.6. The fourth-order valence-corrected chi connectivity index (χ4v) is 3.28. The van der Waals surface area contributed by atoms with E-state index in [0.717, 1.165) is 6.42 Å². The van der Waals surface area contributed by atoms with E-state index in [1.165, 1.54) is 24.1 Å². The summed E-state index contributed by atoms with van der Waals surface area (Å²) in [6.45, 7) is 2.51. The lowest BCUT2D eigenvalue weighted by atomic mass is 10.1. The van der Waals surface area contributed by atoms with Crippen molar-refractivity contribution in [2.24, 2.45) is 5.92 Å². The standard InChI is InChI=1S/C18H24ClF3N2O3/c1-3-6-27-16-14(19)7-13(8-15(16)26-2)17(25)23-9-12-4-5-24(10-12)11-18(20,21)22/h7-8,12H,3-6,9-11H2,1-2H3,(H,23,25). The monoisotopic (exact) mass is 408 g/mol. The molecule has 1 saturated heterocycles. The Balaban J connectivity index is 1.93. The number of alkyl halides is 3. The van der Waals surface area contributed by atoms with Crippen LogP contribution >= 0.6 is 11.6 Å². The maximum absolute atomic E-state index is 12.4. The summed E-state index contributed by atoms with van der Waals surface area (Å²) < 4.78 is 48.1. The van der Waals surface area contributed by atoms with Crippen LogP contribution in [-0.2, 0) is 0 Å². The van der Waals surface area contributed by atoms with Crippen molar-refractivity contribution in [3.8, 4) is 11.5 Å². The van der Waals surface area contributed by atoms with Gasteiger partial charge in [0.15, 0.2) is 11.5 Å². The first-order valence-electron chi connectivity index (χ1n) is 8.81. The van der Waals surface area contributed by atoms with Gasteiger partial charge in [-0.3, -0.25) is 9.69 Å². The van der Waals surface area contributed by atoms with Crippen molar-refractivity contribution in [3.05, 3.63) is 22.7 Å². The SMILES string of the molecule is CCCOc1c(Cl)cc(C(=O)NCC2CCN(CC(F)(F)F)C2)cc1OC. The van der Waals surface area contributed by atoms with E-state index in [-0.39, 0.29) is 16.8 Å². The second-order valence-electron chi connectivity index (χ2n) is 6.55. The fourth-order valence-electron chi connectivity index (χ4n) is 3.01. The number of hydrogen-bond donors (Lipinski definition) is 1. The molecule has 1 amide bonds. The van der Waals surface area contributed by atoms with Gasteiger partial charge >= 0.3 is 6.18 Å². The second kappa shape index (κ2) is 9.50. The Morgan fingerprint density at radius 1 is 1.41 bits per heavy atom. The minimum Gasteiger partial charge on any atom is -0.493 e. The number of amides is 1. The van der Waals surface area contributed by atoms with Crippen LogP contribution in [0.4, 0.5) is 13.2 Å². The van der Waals surface area contributed by atoms with E-state index in [9.17, 15) is 18.0 Å². The maximum Gasteiger partial charge on any atom is 0.401 e. The topological polar surface area (TPSA) is 50.8 Å². The molecular weight excluding hydrogens is 385 g/mol. The smallest absolute Gasteiger partial charge is 0.401 e. The highest BCUT2D eigenvalue weighted by Crippen LogP contribution is 2.36. The molecule has 1 fully saturated rings. The average Bonchev–Trinajstić information content (AvgIpc) is 3.03. The number of carbonyl (C=O) groups excluding carboxylic acids is 1. The van der Waals surface area contributed by atoms with Crippen LogP contribution in [0.25, 0.3) is 0 Å². The van der Waals surface area contributed by atoms with Gasteiger partial charge in [-0.25, -0.2) is 0 Å². The molecule has 1 N–H and O–H groups in total. The summed E-state index contributed by atoms with van der Waals surface area (Å²) in [6, 6.07) is 3.03. The quantitative estimate of drug-likeness (QED) is 0.711. The van der Waals surface area contributed by atoms with Crippen molar-refractivity contribution >= 4 is 17.5 Å². The minimum absolute atomic E-state index is 0.0131. The molecule has 1 unspecified atom stereocenters. The predicted molar refractivity (Wildman–Crippen MR) is 96.7 cm³/mol. The summed E-state index contributed by atoms with van der Waals surface area (Å²) in [6.07, 6.45) is -2.79. The molecule has 0 aliphatic carbocycles. The Labute approximate surface area is 161 Å². The summed E-state index contributed by atoms with van der Waals surface area (Å²) in [4.78, 5) is 13.8. The molecular formula is C18H24ClF3N2O3. The van der Waals surface area contributed by atoms with Crippen LogP contribution in [0, 0.1) is 5.92 Å². The van der Waals surface area contributed by atoms with Crippen molar-refractivity contribution in [3.63, 3.8) is 0 Å². The number of methoxy groups -OCH3 is 1. The van der Waals surface area contributed by atoms with Gasteiger partial charge in [-0.2, -0.15) is 13.2 Å². The lowest BCUT2D eigenvalue weighted by Crippen LogP contribution is -2.34. The fraction of sp³-hybridized carbons (Fsp3) is 0.611. The molecule has 1 aliphatic rings. The Kier molecular flexibility index (Phi) is 7.61. The molecule has 1 atom stereocenters. The first-order valence-corrected chi connectivity index (χ1v) is 9.19. The van der Waals surface area contributed by atoms with Gasteiger partial charge in [0.1, 0.15) is 0 Å². The predicted octanol–water partition coefficient (Wildman–Crippen LogP) is 3.75. The number of nitrogens with one attached hydrogen (secondary N) is 1. The number of likely N-dealkylation sites (tertiary alicyclic amines) is 1. The van der Waals surface area contributed by atoms with Crippen LogP contribution in [0.5, 0.6) is 11.5 Å². The molecule has 1 heterocycles. The molecule has 0 bridgehead atoms. The molecule has 1 aliphatic heterocycles. The highest BCUT2D eigenvalue weighted by molar-refractivity contribution is 6.32. The van der Waals surface area contributed by atoms with E-state index in [1.807, 2.05) is 6.92 Å². The van der Waals surface area contributed by atoms with Gasteiger partial charge in [0.2, 0.25) is 0 Å². The third kappa shape index (κ3) is 6.46. The van der Waals surface area contributed by atoms with Crippen LogP contribution in [0.1, 0.15) is 30.1 Å². The minimum atomic E-state index is -4.20. The summed E-state index contributed by atoms with van der Waals surface area (Å²) in [5.41, 5.74) is 0.311. The Hall–Kier alpha value is -1.67. The number of halogens is 4. The van der Waals surface area contributed by atoms with E-state index in [2.05, 4.69) is 5.32 Å². The normalized spacial score (nSPS) is 17.8. The highest BCUT2D eigenvalue weighted by atomic mass is 35.5. The number of ether oxygens (including phenoxy) is 2. The Morgan fingerprint density at radius 3 is 2.78 bits per heavy atom.